The summed E-state index contributed by atoms with van der Waals surface area (Å²) in [6.45, 7) is 7.18. The third-order valence-corrected chi connectivity index (χ3v) is 5.34. The minimum atomic E-state index is -3.80. The fourth-order valence-corrected chi connectivity index (χ4v) is 4.08. The molecule has 0 aliphatic rings. The second-order valence-electron chi connectivity index (χ2n) is 6.30. The molecule has 138 valence electrons. The summed E-state index contributed by atoms with van der Waals surface area (Å²) in [7, 11) is -3.80. The van der Waals surface area contributed by atoms with Crippen molar-refractivity contribution in [2.45, 2.75) is 44.7 Å². The summed E-state index contributed by atoms with van der Waals surface area (Å²) < 4.78 is 39.3. The van der Waals surface area contributed by atoms with Gasteiger partial charge in [0.1, 0.15) is 5.75 Å². The molecule has 2 aromatic carbocycles. The molecule has 1 N–H and O–H groups in total. The van der Waals surface area contributed by atoms with E-state index in [9.17, 15) is 8.42 Å². The molecule has 0 aliphatic carbocycles. The summed E-state index contributed by atoms with van der Waals surface area (Å²) in [6.07, 6.45) is -0.0141. The van der Waals surface area contributed by atoms with Crippen LogP contribution in [0.1, 0.15) is 38.5 Å². The van der Waals surface area contributed by atoms with E-state index < -0.39 is 16.1 Å². The first-order valence-corrected chi connectivity index (χ1v) is 9.77. The van der Waals surface area contributed by atoms with Crippen molar-refractivity contribution in [3.05, 3.63) is 48.1 Å². The van der Waals surface area contributed by atoms with Gasteiger partial charge in [0.15, 0.2) is 5.82 Å². The Morgan fingerprint density at radius 1 is 1.08 bits per heavy atom. The maximum Gasteiger partial charge on any atom is 0.244 e. The SMILES string of the molecule is Cc1noc(C(C)NS(=O)(=O)c2ccc(OC(C)C)c3ccccc23)n1. The number of fused-ring (bicyclic) bond motifs is 1. The zero-order valence-corrected chi connectivity index (χ0v) is 15.9. The summed E-state index contributed by atoms with van der Waals surface area (Å²) in [5.74, 6) is 1.32. The zero-order chi connectivity index (χ0) is 18.9. The molecule has 1 atom stereocenters. The lowest BCUT2D eigenvalue weighted by Crippen LogP contribution is -2.27. The zero-order valence-electron chi connectivity index (χ0n) is 15.1. The number of hydrogen-bond acceptors (Lipinski definition) is 6. The van der Waals surface area contributed by atoms with Crippen LogP contribution in [0.25, 0.3) is 10.8 Å². The van der Waals surface area contributed by atoms with Crippen LogP contribution in [0.2, 0.25) is 0 Å². The van der Waals surface area contributed by atoms with E-state index >= 15 is 0 Å². The molecule has 0 saturated carbocycles. The Morgan fingerprint density at radius 2 is 1.77 bits per heavy atom. The van der Waals surface area contributed by atoms with Crippen LogP contribution < -0.4 is 9.46 Å². The van der Waals surface area contributed by atoms with E-state index in [2.05, 4.69) is 14.9 Å². The second-order valence-corrected chi connectivity index (χ2v) is 7.98. The summed E-state index contributed by atoms with van der Waals surface area (Å²) in [4.78, 5) is 4.25. The molecular weight excluding hydrogens is 354 g/mol. The molecule has 7 nitrogen and oxygen atoms in total. The molecule has 1 aromatic heterocycles. The van der Waals surface area contributed by atoms with E-state index in [0.29, 0.717) is 17.0 Å². The van der Waals surface area contributed by atoms with Crippen LogP contribution in [0.3, 0.4) is 0 Å². The summed E-state index contributed by atoms with van der Waals surface area (Å²) in [6, 6.07) is 9.84. The van der Waals surface area contributed by atoms with Gasteiger partial charge >= 0.3 is 0 Å². The first kappa shape index (κ1) is 18.3. The van der Waals surface area contributed by atoms with Gasteiger partial charge < -0.3 is 9.26 Å². The Bertz CT molecular complexity index is 1030. The Labute approximate surface area is 152 Å². The standard InChI is InChI=1S/C18H21N3O4S/c1-11(2)24-16-9-10-17(15-8-6-5-7-14(15)16)26(22,23)21-12(3)18-19-13(4)20-25-18/h5-12,21H,1-4H3. The van der Waals surface area contributed by atoms with Crippen molar-refractivity contribution in [1.29, 1.82) is 0 Å². The van der Waals surface area contributed by atoms with Crippen LogP contribution in [-0.2, 0) is 10.0 Å². The number of sulfonamides is 1. The molecule has 0 aliphatic heterocycles. The molecular formula is C18H21N3O4S. The topological polar surface area (TPSA) is 94.3 Å². The van der Waals surface area contributed by atoms with Gasteiger partial charge in [0.25, 0.3) is 0 Å². The number of ether oxygens (including phenoxy) is 1. The van der Waals surface area contributed by atoms with Crippen LogP contribution >= 0.6 is 0 Å². The Balaban J connectivity index is 2.01. The van der Waals surface area contributed by atoms with Crippen LogP contribution in [0.5, 0.6) is 5.75 Å². The van der Waals surface area contributed by atoms with Crippen LogP contribution in [0, 0.1) is 6.92 Å². The number of hydrogen-bond donors (Lipinski definition) is 1. The van der Waals surface area contributed by atoms with Gasteiger partial charge in [-0.2, -0.15) is 9.71 Å². The van der Waals surface area contributed by atoms with Gasteiger partial charge in [-0.1, -0.05) is 29.4 Å². The Kier molecular flexibility index (Phi) is 4.97. The highest BCUT2D eigenvalue weighted by atomic mass is 32.2. The summed E-state index contributed by atoms with van der Waals surface area (Å²) in [5, 5.41) is 5.02. The largest absolute Gasteiger partial charge is 0.490 e. The highest BCUT2D eigenvalue weighted by Gasteiger charge is 2.24. The van der Waals surface area contributed by atoms with Crippen molar-refractivity contribution in [2.75, 3.05) is 0 Å². The molecule has 0 radical (unpaired) electrons. The van der Waals surface area contributed by atoms with E-state index in [1.54, 1.807) is 38.1 Å². The van der Waals surface area contributed by atoms with Crippen LogP contribution in [0.15, 0.2) is 45.8 Å². The lowest BCUT2D eigenvalue weighted by molar-refractivity contribution is 0.245. The molecule has 0 fully saturated rings. The molecule has 1 heterocycles. The molecule has 8 heteroatoms. The van der Waals surface area contributed by atoms with E-state index in [-0.39, 0.29) is 16.9 Å². The van der Waals surface area contributed by atoms with Gasteiger partial charge in [-0.15, -0.1) is 0 Å². The molecule has 26 heavy (non-hydrogen) atoms. The fraction of sp³-hybridized carbons (Fsp3) is 0.333. The molecule has 1 unspecified atom stereocenters. The lowest BCUT2D eigenvalue weighted by atomic mass is 10.1. The molecule has 0 saturated heterocycles. The molecule has 0 amide bonds. The van der Waals surface area contributed by atoms with Crippen molar-refractivity contribution < 1.29 is 17.7 Å². The molecule has 3 rings (SSSR count). The van der Waals surface area contributed by atoms with Gasteiger partial charge in [-0.05, 0) is 39.8 Å². The lowest BCUT2D eigenvalue weighted by Gasteiger charge is -2.16. The Morgan fingerprint density at radius 3 is 2.38 bits per heavy atom. The summed E-state index contributed by atoms with van der Waals surface area (Å²) in [5.41, 5.74) is 0. The number of benzene rings is 2. The number of rotatable bonds is 6. The van der Waals surface area contributed by atoms with Crippen molar-refractivity contribution in [2.24, 2.45) is 0 Å². The number of aryl methyl sites for hydroxylation is 1. The van der Waals surface area contributed by atoms with Crippen molar-refractivity contribution in [3.63, 3.8) is 0 Å². The third-order valence-electron chi connectivity index (χ3n) is 3.74. The smallest absolute Gasteiger partial charge is 0.244 e. The first-order valence-electron chi connectivity index (χ1n) is 8.29. The average Bonchev–Trinajstić information content (AvgIpc) is 3.01. The van der Waals surface area contributed by atoms with Crippen LogP contribution in [-0.4, -0.2) is 24.7 Å². The highest BCUT2D eigenvalue weighted by molar-refractivity contribution is 7.89. The van der Waals surface area contributed by atoms with Crippen molar-refractivity contribution in [3.8, 4) is 5.75 Å². The number of aromatic nitrogens is 2. The molecule has 0 spiro atoms. The Hall–Kier alpha value is -2.45. The number of nitrogens with one attached hydrogen (secondary N) is 1. The summed E-state index contributed by atoms with van der Waals surface area (Å²) >= 11 is 0. The van der Waals surface area contributed by atoms with E-state index in [4.69, 9.17) is 9.26 Å². The predicted molar refractivity (Wildman–Crippen MR) is 97.5 cm³/mol. The van der Waals surface area contributed by atoms with Gasteiger partial charge in [0, 0.05) is 10.8 Å². The van der Waals surface area contributed by atoms with E-state index in [0.717, 1.165) is 5.39 Å². The maximum absolute atomic E-state index is 12.9. The van der Waals surface area contributed by atoms with E-state index in [1.807, 2.05) is 26.0 Å². The van der Waals surface area contributed by atoms with Gasteiger partial charge in [0.2, 0.25) is 15.9 Å². The molecule has 3 aromatic rings. The van der Waals surface area contributed by atoms with Crippen molar-refractivity contribution in [1.82, 2.24) is 14.9 Å². The normalized spacial score (nSPS) is 13.3. The quantitative estimate of drug-likeness (QED) is 0.710. The highest BCUT2D eigenvalue weighted by Crippen LogP contribution is 2.32. The second kappa shape index (κ2) is 7.05. The minimum Gasteiger partial charge on any atom is -0.490 e. The van der Waals surface area contributed by atoms with Gasteiger partial charge in [-0.3, -0.25) is 0 Å². The molecule has 0 bridgehead atoms. The predicted octanol–water partition coefficient (Wildman–Crippen LogP) is 3.36. The van der Waals surface area contributed by atoms with E-state index in [1.165, 1.54) is 0 Å². The average molecular weight is 375 g/mol. The third kappa shape index (κ3) is 3.71. The monoisotopic (exact) mass is 375 g/mol. The minimum absolute atomic E-state index is 0.0141. The van der Waals surface area contributed by atoms with Crippen LogP contribution in [0.4, 0.5) is 0 Å². The first-order chi connectivity index (χ1) is 12.3. The maximum atomic E-state index is 12.9. The van der Waals surface area contributed by atoms with Crippen molar-refractivity contribution >= 4 is 20.8 Å². The number of nitrogens with zero attached hydrogens (tertiary/aromatic N) is 2. The van der Waals surface area contributed by atoms with Gasteiger partial charge in [0.05, 0.1) is 17.0 Å². The van der Waals surface area contributed by atoms with Gasteiger partial charge in [-0.25, -0.2) is 8.42 Å². The fourth-order valence-electron chi connectivity index (χ4n) is 2.67.